The van der Waals surface area contributed by atoms with Crippen LogP contribution in [0.3, 0.4) is 0 Å². The van der Waals surface area contributed by atoms with Gasteiger partial charge in [-0.1, -0.05) is 12.1 Å². The summed E-state index contributed by atoms with van der Waals surface area (Å²) in [5, 5.41) is 0. The van der Waals surface area contributed by atoms with Crippen LogP contribution in [0.5, 0.6) is 0 Å². The maximum atomic E-state index is 10.4. The Labute approximate surface area is 136 Å². The maximum Gasteiger partial charge on any atom is 0.494 e. The fraction of sp³-hybridized carbons (Fsp3) is 0.500. The SMILES string of the molecule is CC1(C)OB(c2cc(COC=O)cc(COC=O)c2)OC1(C)C. The van der Waals surface area contributed by atoms with Crippen LogP contribution in [0, 0.1) is 0 Å². The van der Waals surface area contributed by atoms with E-state index < -0.39 is 18.3 Å². The predicted molar refractivity (Wildman–Crippen MR) is 83.9 cm³/mol. The molecule has 1 aliphatic rings. The van der Waals surface area contributed by atoms with Crippen molar-refractivity contribution in [1.29, 1.82) is 0 Å². The zero-order valence-corrected chi connectivity index (χ0v) is 13.8. The van der Waals surface area contributed by atoms with Gasteiger partial charge < -0.3 is 18.8 Å². The molecule has 124 valence electrons. The average molecular weight is 320 g/mol. The maximum absolute atomic E-state index is 10.4. The predicted octanol–water partition coefficient (Wildman–Crippen LogP) is 1.33. The van der Waals surface area contributed by atoms with Gasteiger partial charge in [0.2, 0.25) is 0 Å². The van der Waals surface area contributed by atoms with E-state index >= 15 is 0 Å². The third kappa shape index (κ3) is 3.92. The first-order valence-electron chi connectivity index (χ1n) is 7.38. The molecule has 0 spiro atoms. The number of benzene rings is 1. The minimum atomic E-state index is -0.536. The van der Waals surface area contributed by atoms with E-state index in [0.29, 0.717) is 12.9 Å². The van der Waals surface area contributed by atoms with Crippen LogP contribution in [-0.4, -0.2) is 31.3 Å². The van der Waals surface area contributed by atoms with E-state index in [1.807, 2.05) is 45.9 Å². The molecular formula is C16H21BO6. The molecule has 1 saturated heterocycles. The van der Waals surface area contributed by atoms with E-state index in [1.54, 1.807) is 0 Å². The highest BCUT2D eigenvalue weighted by Gasteiger charge is 2.51. The van der Waals surface area contributed by atoms with Crippen LogP contribution in [0.25, 0.3) is 0 Å². The molecule has 1 fully saturated rings. The van der Waals surface area contributed by atoms with Crippen molar-refractivity contribution in [2.75, 3.05) is 0 Å². The number of rotatable bonds is 7. The molecule has 2 rings (SSSR count). The zero-order chi connectivity index (χ0) is 17.1. The summed E-state index contributed by atoms with van der Waals surface area (Å²) >= 11 is 0. The van der Waals surface area contributed by atoms with Crippen LogP contribution in [-0.2, 0) is 41.6 Å². The number of hydrogen-bond donors (Lipinski definition) is 0. The summed E-state index contributed by atoms with van der Waals surface area (Å²) in [6, 6.07) is 5.52. The molecule has 0 aliphatic carbocycles. The smallest absolute Gasteiger partial charge is 0.463 e. The number of hydrogen-bond acceptors (Lipinski definition) is 6. The summed E-state index contributed by atoms with van der Waals surface area (Å²) in [6.07, 6.45) is 0. The monoisotopic (exact) mass is 320 g/mol. The van der Waals surface area contributed by atoms with Crippen LogP contribution in [0.2, 0.25) is 0 Å². The molecule has 0 saturated carbocycles. The van der Waals surface area contributed by atoms with Crippen LogP contribution in [0.4, 0.5) is 0 Å². The van der Waals surface area contributed by atoms with Gasteiger partial charge in [-0.15, -0.1) is 0 Å². The van der Waals surface area contributed by atoms with Crippen LogP contribution >= 0.6 is 0 Å². The van der Waals surface area contributed by atoms with Crippen LogP contribution in [0.15, 0.2) is 18.2 Å². The first kappa shape index (κ1) is 17.5. The van der Waals surface area contributed by atoms with Gasteiger partial charge in [-0.3, -0.25) is 9.59 Å². The molecule has 1 aromatic rings. The second-order valence-corrected chi connectivity index (χ2v) is 6.49. The Bertz CT molecular complexity index is 538. The van der Waals surface area contributed by atoms with E-state index in [0.717, 1.165) is 16.6 Å². The summed E-state index contributed by atoms with van der Waals surface area (Å²) in [5.74, 6) is 0. The molecule has 7 heteroatoms. The van der Waals surface area contributed by atoms with Crippen molar-refractivity contribution in [2.45, 2.75) is 52.1 Å². The minimum absolute atomic E-state index is 0.130. The molecule has 0 amide bonds. The second-order valence-electron chi connectivity index (χ2n) is 6.49. The van der Waals surface area contributed by atoms with Crippen LogP contribution in [0.1, 0.15) is 38.8 Å². The minimum Gasteiger partial charge on any atom is -0.463 e. The van der Waals surface area contributed by atoms with E-state index in [2.05, 4.69) is 0 Å². The fourth-order valence-corrected chi connectivity index (χ4v) is 2.33. The lowest BCUT2D eigenvalue weighted by Crippen LogP contribution is -2.41. The number of carbonyl (C=O) groups is 2. The van der Waals surface area contributed by atoms with Crippen molar-refractivity contribution in [3.05, 3.63) is 29.3 Å². The van der Waals surface area contributed by atoms with Gasteiger partial charge in [0, 0.05) is 0 Å². The molecule has 1 heterocycles. The third-order valence-corrected chi connectivity index (χ3v) is 4.24. The lowest BCUT2D eigenvalue weighted by Gasteiger charge is -2.32. The van der Waals surface area contributed by atoms with Gasteiger partial charge in [-0.25, -0.2) is 0 Å². The van der Waals surface area contributed by atoms with Gasteiger partial charge in [-0.2, -0.15) is 0 Å². The topological polar surface area (TPSA) is 71.1 Å². The average Bonchev–Trinajstić information content (AvgIpc) is 2.71. The largest absolute Gasteiger partial charge is 0.494 e. The second kappa shape index (κ2) is 6.72. The summed E-state index contributed by atoms with van der Waals surface area (Å²) in [4.78, 5) is 20.8. The fourth-order valence-electron chi connectivity index (χ4n) is 2.33. The highest BCUT2D eigenvalue weighted by Crippen LogP contribution is 2.36. The molecule has 0 aromatic heterocycles. The van der Waals surface area contributed by atoms with Crippen molar-refractivity contribution in [3.8, 4) is 0 Å². The molecule has 23 heavy (non-hydrogen) atoms. The Kier molecular flexibility index (Phi) is 5.11. The normalized spacial score (nSPS) is 18.5. The molecular weight excluding hydrogens is 299 g/mol. The van der Waals surface area contributed by atoms with Crippen molar-refractivity contribution in [1.82, 2.24) is 0 Å². The molecule has 0 radical (unpaired) electrons. The molecule has 1 aromatic carbocycles. The van der Waals surface area contributed by atoms with Gasteiger partial charge in [0.1, 0.15) is 13.2 Å². The van der Waals surface area contributed by atoms with Gasteiger partial charge in [0.05, 0.1) is 11.2 Å². The summed E-state index contributed by atoms with van der Waals surface area (Å²) < 4.78 is 21.7. The van der Waals surface area contributed by atoms with E-state index in [4.69, 9.17) is 18.8 Å². The third-order valence-electron chi connectivity index (χ3n) is 4.24. The number of carbonyl (C=O) groups excluding carboxylic acids is 2. The molecule has 0 bridgehead atoms. The number of ether oxygens (including phenoxy) is 2. The van der Waals surface area contributed by atoms with Gasteiger partial charge in [-0.05, 0) is 50.4 Å². The van der Waals surface area contributed by atoms with Gasteiger partial charge in [0.15, 0.2) is 0 Å². The zero-order valence-electron chi connectivity index (χ0n) is 13.8. The van der Waals surface area contributed by atoms with E-state index in [1.165, 1.54) is 0 Å². The van der Waals surface area contributed by atoms with Gasteiger partial charge >= 0.3 is 7.12 Å². The van der Waals surface area contributed by atoms with Crippen molar-refractivity contribution in [3.63, 3.8) is 0 Å². The molecule has 0 unspecified atom stereocenters. The Morgan fingerprint density at radius 2 is 1.35 bits per heavy atom. The summed E-state index contributed by atoms with van der Waals surface area (Å²) in [5.41, 5.74) is 1.43. The first-order chi connectivity index (χ1) is 10.8. The lowest BCUT2D eigenvalue weighted by molar-refractivity contribution is -0.130. The Morgan fingerprint density at radius 3 is 1.74 bits per heavy atom. The van der Waals surface area contributed by atoms with Crippen molar-refractivity contribution >= 4 is 25.5 Å². The molecule has 0 N–H and O–H groups in total. The molecule has 6 nitrogen and oxygen atoms in total. The lowest BCUT2D eigenvalue weighted by atomic mass is 9.77. The van der Waals surface area contributed by atoms with Crippen molar-refractivity contribution in [2.24, 2.45) is 0 Å². The van der Waals surface area contributed by atoms with Crippen molar-refractivity contribution < 1.29 is 28.4 Å². The highest BCUT2D eigenvalue weighted by atomic mass is 16.7. The Balaban J connectivity index is 2.29. The van der Waals surface area contributed by atoms with Crippen LogP contribution < -0.4 is 5.46 Å². The molecule has 1 aliphatic heterocycles. The standard InChI is InChI=1S/C16H21BO6/c1-15(2)16(3,4)23-17(22-15)14-6-12(8-20-10-18)5-13(7-14)9-21-11-19/h5-7,10-11H,8-9H2,1-4H3. The van der Waals surface area contributed by atoms with Gasteiger partial charge in [0.25, 0.3) is 12.9 Å². The molecule has 0 atom stereocenters. The Hall–Kier alpha value is -1.86. The summed E-state index contributed by atoms with van der Waals surface area (Å²) in [6.45, 7) is 8.94. The van der Waals surface area contributed by atoms with E-state index in [-0.39, 0.29) is 13.2 Å². The quantitative estimate of drug-likeness (QED) is 0.558. The first-order valence-corrected chi connectivity index (χ1v) is 7.38. The Morgan fingerprint density at radius 1 is 0.913 bits per heavy atom. The van der Waals surface area contributed by atoms with E-state index in [9.17, 15) is 9.59 Å². The highest BCUT2D eigenvalue weighted by molar-refractivity contribution is 6.62. The summed E-state index contributed by atoms with van der Waals surface area (Å²) in [7, 11) is -0.536.